The standard InChI is InChI=1S/C16H27N5/c1-4-12-13(5-2)19-20-16(14(12)15(17)18)21-9-6-7-11(3)8-10-21/h11H,4-10H2,1-3H3,(H3,17,18). The van der Waals surface area contributed by atoms with Crippen LogP contribution in [0.4, 0.5) is 5.82 Å². The Hall–Kier alpha value is -1.65. The molecule has 1 aromatic heterocycles. The van der Waals surface area contributed by atoms with Crippen molar-refractivity contribution >= 4 is 11.7 Å². The van der Waals surface area contributed by atoms with Crippen LogP contribution in [0, 0.1) is 11.3 Å². The molecule has 5 nitrogen and oxygen atoms in total. The minimum absolute atomic E-state index is 0.115. The zero-order chi connectivity index (χ0) is 15.4. The molecule has 5 heteroatoms. The molecule has 1 saturated heterocycles. The molecule has 0 aliphatic carbocycles. The minimum atomic E-state index is 0.115. The van der Waals surface area contributed by atoms with Gasteiger partial charge in [0.15, 0.2) is 5.82 Å². The maximum Gasteiger partial charge on any atom is 0.162 e. The van der Waals surface area contributed by atoms with Crippen LogP contribution >= 0.6 is 0 Å². The lowest BCUT2D eigenvalue weighted by atomic mass is 10.0. The molecule has 3 N–H and O–H groups in total. The maximum atomic E-state index is 7.99. The van der Waals surface area contributed by atoms with Crippen molar-refractivity contribution in [2.45, 2.75) is 52.9 Å². The molecule has 0 aromatic carbocycles. The van der Waals surface area contributed by atoms with Crippen molar-refractivity contribution in [3.8, 4) is 0 Å². The van der Waals surface area contributed by atoms with Gasteiger partial charge in [-0.05, 0) is 43.6 Å². The molecule has 1 unspecified atom stereocenters. The molecule has 0 bridgehead atoms. The van der Waals surface area contributed by atoms with Gasteiger partial charge in [-0.3, -0.25) is 5.41 Å². The van der Waals surface area contributed by atoms with Gasteiger partial charge in [-0.25, -0.2) is 0 Å². The molecule has 0 saturated carbocycles. The summed E-state index contributed by atoms with van der Waals surface area (Å²) < 4.78 is 0. The van der Waals surface area contributed by atoms with Crippen molar-refractivity contribution < 1.29 is 0 Å². The van der Waals surface area contributed by atoms with E-state index in [9.17, 15) is 0 Å². The molecule has 1 aromatic rings. The molecule has 116 valence electrons. The Morgan fingerprint density at radius 3 is 2.62 bits per heavy atom. The largest absolute Gasteiger partial charge is 0.384 e. The fourth-order valence-electron chi connectivity index (χ4n) is 3.14. The zero-order valence-electron chi connectivity index (χ0n) is 13.4. The van der Waals surface area contributed by atoms with Gasteiger partial charge in [0.1, 0.15) is 5.84 Å². The van der Waals surface area contributed by atoms with Crippen LogP contribution in [-0.2, 0) is 12.8 Å². The van der Waals surface area contributed by atoms with Crippen LogP contribution in [0.25, 0.3) is 0 Å². The van der Waals surface area contributed by atoms with Gasteiger partial charge in [-0.1, -0.05) is 20.8 Å². The lowest BCUT2D eigenvalue weighted by Gasteiger charge is -2.25. The van der Waals surface area contributed by atoms with Crippen molar-refractivity contribution in [3.05, 3.63) is 16.8 Å². The fraction of sp³-hybridized carbons (Fsp3) is 0.688. The maximum absolute atomic E-state index is 7.99. The quantitative estimate of drug-likeness (QED) is 0.659. The number of hydrogen-bond acceptors (Lipinski definition) is 4. The van der Waals surface area contributed by atoms with E-state index < -0.39 is 0 Å². The lowest BCUT2D eigenvalue weighted by molar-refractivity contribution is 0.521. The number of nitrogens with one attached hydrogen (secondary N) is 1. The molecule has 1 aliphatic rings. The average molecular weight is 289 g/mol. The minimum Gasteiger partial charge on any atom is -0.384 e. The van der Waals surface area contributed by atoms with Crippen LogP contribution in [0.3, 0.4) is 0 Å². The summed E-state index contributed by atoms with van der Waals surface area (Å²) in [4.78, 5) is 2.27. The molecule has 1 aliphatic heterocycles. The Balaban J connectivity index is 2.45. The fourth-order valence-corrected chi connectivity index (χ4v) is 3.14. The number of aromatic nitrogens is 2. The number of rotatable bonds is 4. The van der Waals surface area contributed by atoms with E-state index >= 15 is 0 Å². The monoisotopic (exact) mass is 289 g/mol. The third-order valence-electron chi connectivity index (χ3n) is 4.41. The average Bonchev–Trinajstić information content (AvgIpc) is 2.70. The van der Waals surface area contributed by atoms with E-state index in [1.54, 1.807) is 0 Å². The summed E-state index contributed by atoms with van der Waals surface area (Å²) in [6.45, 7) is 8.43. The summed E-state index contributed by atoms with van der Waals surface area (Å²) in [7, 11) is 0. The number of aryl methyl sites for hydroxylation is 1. The van der Waals surface area contributed by atoms with Crippen molar-refractivity contribution in [1.29, 1.82) is 5.41 Å². The van der Waals surface area contributed by atoms with Gasteiger partial charge < -0.3 is 10.6 Å². The normalized spacial score (nSPS) is 19.4. The van der Waals surface area contributed by atoms with E-state index in [4.69, 9.17) is 11.1 Å². The second-order valence-electron chi connectivity index (χ2n) is 5.97. The van der Waals surface area contributed by atoms with Gasteiger partial charge in [-0.15, -0.1) is 5.10 Å². The summed E-state index contributed by atoms with van der Waals surface area (Å²) >= 11 is 0. The smallest absolute Gasteiger partial charge is 0.162 e. The van der Waals surface area contributed by atoms with Crippen LogP contribution in [0.15, 0.2) is 0 Å². The topological polar surface area (TPSA) is 78.9 Å². The third kappa shape index (κ3) is 3.34. The molecular formula is C16H27N5. The summed E-state index contributed by atoms with van der Waals surface area (Å²) in [5.74, 6) is 1.68. The van der Waals surface area contributed by atoms with Crippen LogP contribution in [0.5, 0.6) is 0 Å². The van der Waals surface area contributed by atoms with E-state index in [1.165, 1.54) is 6.42 Å². The summed E-state index contributed by atoms with van der Waals surface area (Å²) in [5, 5.41) is 16.8. The van der Waals surface area contributed by atoms with Crippen molar-refractivity contribution in [3.63, 3.8) is 0 Å². The van der Waals surface area contributed by atoms with Crippen molar-refractivity contribution in [2.24, 2.45) is 11.7 Å². The zero-order valence-corrected chi connectivity index (χ0v) is 13.4. The Labute approximate surface area is 127 Å². The molecule has 2 heterocycles. The summed E-state index contributed by atoms with van der Waals surface area (Å²) in [5.41, 5.74) is 8.74. The van der Waals surface area contributed by atoms with Crippen LogP contribution in [0.1, 0.15) is 56.9 Å². The van der Waals surface area contributed by atoms with Crippen molar-refractivity contribution in [2.75, 3.05) is 18.0 Å². The van der Waals surface area contributed by atoms with E-state index in [0.29, 0.717) is 0 Å². The van der Waals surface area contributed by atoms with Crippen LogP contribution in [-0.4, -0.2) is 29.1 Å². The Morgan fingerprint density at radius 2 is 2.00 bits per heavy atom. The van der Waals surface area contributed by atoms with Gasteiger partial charge in [0.25, 0.3) is 0 Å². The Bertz CT molecular complexity index is 512. The molecule has 0 spiro atoms. The molecule has 0 amide bonds. The highest BCUT2D eigenvalue weighted by atomic mass is 15.3. The SMILES string of the molecule is CCc1nnc(N2CCCC(C)CC2)c(C(=N)N)c1CC. The summed E-state index contributed by atoms with van der Waals surface area (Å²) in [6, 6.07) is 0. The highest BCUT2D eigenvalue weighted by molar-refractivity contribution is 6.01. The first-order valence-corrected chi connectivity index (χ1v) is 8.06. The van der Waals surface area contributed by atoms with Crippen LogP contribution < -0.4 is 10.6 Å². The number of anilines is 1. The van der Waals surface area contributed by atoms with Gasteiger partial charge in [0.2, 0.25) is 0 Å². The van der Waals surface area contributed by atoms with Gasteiger partial charge in [0.05, 0.1) is 11.3 Å². The Morgan fingerprint density at radius 1 is 1.24 bits per heavy atom. The van der Waals surface area contributed by atoms with E-state index in [0.717, 1.165) is 67.3 Å². The van der Waals surface area contributed by atoms with Gasteiger partial charge in [-0.2, -0.15) is 5.10 Å². The van der Waals surface area contributed by atoms with Crippen molar-refractivity contribution in [1.82, 2.24) is 10.2 Å². The number of nitrogens with two attached hydrogens (primary N) is 1. The highest BCUT2D eigenvalue weighted by Crippen LogP contribution is 2.27. The number of nitrogens with zero attached hydrogens (tertiary/aromatic N) is 3. The lowest BCUT2D eigenvalue weighted by Crippen LogP contribution is -2.30. The molecule has 1 fully saturated rings. The van der Waals surface area contributed by atoms with E-state index in [1.807, 2.05) is 0 Å². The predicted molar refractivity (Wildman–Crippen MR) is 87.0 cm³/mol. The number of nitrogen functional groups attached to an aromatic ring is 1. The highest BCUT2D eigenvalue weighted by Gasteiger charge is 2.23. The predicted octanol–water partition coefficient (Wildman–Crippen LogP) is 2.51. The molecule has 2 rings (SSSR count). The first-order chi connectivity index (χ1) is 10.1. The first kappa shape index (κ1) is 15.7. The molecule has 21 heavy (non-hydrogen) atoms. The number of hydrogen-bond donors (Lipinski definition) is 2. The Kier molecular flexibility index (Phi) is 5.15. The third-order valence-corrected chi connectivity index (χ3v) is 4.41. The molecule has 1 atom stereocenters. The number of amidine groups is 1. The molecule has 0 radical (unpaired) electrons. The van der Waals surface area contributed by atoms with Gasteiger partial charge >= 0.3 is 0 Å². The van der Waals surface area contributed by atoms with Crippen LogP contribution in [0.2, 0.25) is 0 Å². The van der Waals surface area contributed by atoms with E-state index in [-0.39, 0.29) is 5.84 Å². The first-order valence-electron chi connectivity index (χ1n) is 8.06. The second-order valence-corrected chi connectivity index (χ2v) is 5.97. The second kappa shape index (κ2) is 6.87. The van der Waals surface area contributed by atoms with Gasteiger partial charge in [0, 0.05) is 13.1 Å². The summed E-state index contributed by atoms with van der Waals surface area (Å²) in [6.07, 6.45) is 5.25. The molecular weight excluding hydrogens is 262 g/mol. The van der Waals surface area contributed by atoms with E-state index in [2.05, 4.69) is 35.9 Å².